The third-order valence-electron chi connectivity index (χ3n) is 3.20. The molecule has 0 unspecified atom stereocenters. The Bertz CT molecular complexity index is 751. The Labute approximate surface area is 127 Å². The number of benzene rings is 1. The van der Waals surface area contributed by atoms with Gasteiger partial charge in [-0.05, 0) is 25.2 Å². The molecule has 0 bridgehead atoms. The molecule has 2 heterocycles. The maximum Gasteiger partial charge on any atom is 0.230 e. The van der Waals surface area contributed by atoms with Crippen molar-refractivity contribution in [2.75, 3.05) is 13.6 Å². The van der Waals surface area contributed by atoms with Crippen molar-refractivity contribution < 1.29 is 4.42 Å². The van der Waals surface area contributed by atoms with Gasteiger partial charge in [0.1, 0.15) is 5.82 Å². The van der Waals surface area contributed by atoms with Crippen LogP contribution >= 0.6 is 11.6 Å². The SMILES string of the molecule is Cc1nnc(CN(C)CCc2nc3ccc(Cl)cc3[nH]2)o1. The van der Waals surface area contributed by atoms with Crippen LogP contribution in [-0.4, -0.2) is 38.7 Å². The van der Waals surface area contributed by atoms with Gasteiger partial charge in [0.05, 0.1) is 17.6 Å². The van der Waals surface area contributed by atoms with Crippen molar-refractivity contribution in [3.05, 3.63) is 40.8 Å². The molecule has 0 aliphatic heterocycles. The molecule has 21 heavy (non-hydrogen) atoms. The fourth-order valence-electron chi connectivity index (χ4n) is 2.16. The first-order chi connectivity index (χ1) is 10.1. The first kappa shape index (κ1) is 14.0. The van der Waals surface area contributed by atoms with E-state index in [1.807, 2.05) is 25.2 Å². The van der Waals surface area contributed by atoms with Crippen LogP contribution in [0.15, 0.2) is 22.6 Å². The predicted molar refractivity (Wildman–Crippen MR) is 80.2 cm³/mol. The normalized spacial score (nSPS) is 11.6. The fourth-order valence-corrected chi connectivity index (χ4v) is 2.33. The molecule has 0 fully saturated rings. The summed E-state index contributed by atoms with van der Waals surface area (Å²) in [7, 11) is 2.01. The molecule has 6 nitrogen and oxygen atoms in total. The summed E-state index contributed by atoms with van der Waals surface area (Å²) in [5, 5.41) is 8.52. The van der Waals surface area contributed by atoms with E-state index in [1.54, 1.807) is 6.92 Å². The quantitative estimate of drug-likeness (QED) is 0.784. The van der Waals surface area contributed by atoms with Crippen LogP contribution in [0.3, 0.4) is 0 Å². The molecular weight excluding hydrogens is 290 g/mol. The summed E-state index contributed by atoms with van der Waals surface area (Å²) in [5.41, 5.74) is 1.90. The number of H-pyrrole nitrogens is 1. The average molecular weight is 306 g/mol. The molecule has 0 aliphatic carbocycles. The lowest BCUT2D eigenvalue weighted by Gasteiger charge is -2.12. The first-order valence-corrected chi connectivity index (χ1v) is 7.09. The number of nitrogens with zero attached hydrogens (tertiary/aromatic N) is 4. The van der Waals surface area contributed by atoms with Crippen LogP contribution in [0.25, 0.3) is 11.0 Å². The standard InChI is InChI=1S/C14H16ClN5O/c1-9-18-19-14(21-9)8-20(2)6-5-13-16-11-4-3-10(15)7-12(11)17-13/h3-4,7H,5-6,8H2,1-2H3,(H,16,17). The first-order valence-electron chi connectivity index (χ1n) is 6.72. The van der Waals surface area contributed by atoms with Crippen LogP contribution < -0.4 is 0 Å². The highest BCUT2D eigenvalue weighted by atomic mass is 35.5. The van der Waals surface area contributed by atoms with Crippen LogP contribution in [0, 0.1) is 6.92 Å². The molecule has 1 aromatic carbocycles. The van der Waals surface area contributed by atoms with E-state index in [4.69, 9.17) is 16.0 Å². The van der Waals surface area contributed by atoms with Gasteiger partial charge in [-0.1, -0.05) is 11.6 Å². The molecule has 0 spiro atoms. The number of fused-ring (bicyclic) bond motifs is 1. The van der Waals surface area contributed by atoms with Gasteiger partial charge >= 0.3 is 0 Å². The lowest BCUT2D eigenvalue weighted by atomic mass is 10.3. The fraction of sp³-hybridized carbons (Fsp3) is 0.357. The topological polar surface area (TPSA) is 70.8 Å². The summed E-state index contributed by atoms with van der Waals surface area (Å²) < 4.78 is 5.37. The zero-order valence-electron chi connectivity index (χ0n) is 11.9. The largest absolute Gasteiger partial charge is 0.424 e. The average Bonchev–Trinajstić information content (AvgIpc) is 3.02. The molecule has 1 N–H and O–H groups in total. The molecule has 0 atom stereocenters. The van der Waals surface area contributed by atoms with Crippen molar-refractivity contribution in [2.45, 2.75) is 19.9 Å². The van der Waals surface area contributed by atoms with E-state index >= 15 is 0 Å². The minimum Gasteiger partial charge on any atom is -0.424 e. The smallest absolute Gasteiger partial charge is 0.230 e. The minimum absolute atomic E-state index is 0.590. The van der Waals surface area contributed by atoms with Gasteiger partial charge in [0, 0.05) is 24.9 Å². The summed E-state index contributed by atoms with van der Waals surface area (Å²) in [4.78, 5) is 9.95. The van der Waals surface area contributed by atoms with Gasteiger partial charge < -0.3 is 9.40 Å². The molecule has 0 radical (unpaired) electrons. The number of aromatic nitrogens is 4. The summed E-state index contributed by atoms with van der Waals surface area (Å²) >= 11 is 5.97. The molecule has 2 aromatic heterocycles. The molecule has 110 valence electrons. The van der Waals surface area contributed by atoms with E-state index in [0.29, 0.717) is 23.3 Å². The van der Waals surface area contributed by atoms with Crippen molar-refractivity contribution in [3.63, 3.8) is 0 Å². The van der Waals surface area contributed by atoms with Crippen molar-refractivity contribution in [2.24, 2.45) is 0 Å². The number of nitrogens with one attached hydrogen (secondary N) is 1. The van der Waals surface area contributed by atoms with Crippen LogP contribution in [0.4, 0.5) is 0 Å². The second-order valence-corrected chi connectivity index (χ2v) is 5.48. The van der Waals surface area contributed by atoms with Crippen LogP contribution in [0.5, 0.6) is 0 Å². The highest BCUT2D eigenvalue weighted by Gasteiger charge is 2.08. The van der Waals surface area contributed by atoms with E-state index in [1.165, 1.54) is 0 Å². The van der Waals surface area contributed by atoms with Gasteiger partial charge in [-0.3, -0.25) is 4.90 Å². The summed E-state index contributed by atoms with van der Waals surface area (Å²) in [5.74, 6) is 2.17. The van der Waals surface area contributed by atoms with E-state index in [-0.39, 0.29) is 0 Å². The number of aryl methyl sites for hydroxylation is 1. The van der Waals surface area contributed by atoms with Crippen molar-refractivity contribution in [1.82, 2.24) is 25.1 Å². The Morgan fingerprint density at radius 3 is 2.95 bits per heavy atom. The molecule has 0 aliphatic rings. The Balaban J connectivity index is 1.60. The second-order valence-electron chi connectivity index (χ2n) is 5.05. The number of aromatic amines is 1. The third kappa shape index (κ3) is 3.40. The number of hydrogen-bond donors (Lipinski definition) is 1. The van der Waals surface area contributed by atoms with E-state index in [2.05, 4.69) is 25.1 Å². The van der Waals surface area contributed by atoms with Crippen molar-refractivity contribution >= 4 is 22.6 Å². The zero-order valence-corrected chi connectivity index (χ0v) is 12.7. The third-order valence-corrected chi connectivity index (χ3v) is 3.43. The van der Waals surface area contributed by atoms with Gasteiger partial charge in [0.25, 0.3) is 0 Å². The Morgan fingerprint density at radius 2 is 2.19 bits per heavy atom. The minimum atomic E-state index is 0.590. The lowest BCUT2D eigenvalue weighted by Crippen LogP contribution is -2.21. The van der Waals surface area contributed by atoms with Crippen LogP contribution in [0.2, 0.25) is 5.02 Å². The van der Waals surface area contributed by atoms with Crippen molar-refractivity contribution in [1.29, 1.82) is 0 Å². The lowest BCUT2D eigenvalue weighted by molar-refractivity contribution is 0.287. The van der Waals surface area contributed by atoms with Gasteiger partial charge in [0.15, 0.2) is 0 Å². The zero-order chi connectivity index (χ0) is 14.8. The van der Waals surface area contributed by atoms with Gasteiger partial charge in [-0.2, -0.15) is 0 Å². The van der Waals surface area contributed by atoms with E-state index < -0.39 is 0 Å². The Kier molecular flexibility index (Phi) is 3.90. The van der Waals surface area contributed by atoms with Crippen LogP contribution in [-0.2, 0) is 13.0 Å². The number of hydrogen-bond acceptors (Lipinski definition) is 5. The maximum atomic E-state index is 5.97. The van der Waals surface area contributed by atoms with Gasteiger partial charge in [-0.25, -0.2) is 4.98 Å². The maximum absolute atomic E-state index is 5.97. The Hall–Kier alpha value is -1.92. The van der Waals surface area contributed by atoms with Crippen molar-refractivity contribution in [3.8, 4) is 0 Å². The monoisotopic (exact) mass is 305 g/mol. The van der Waals surface area contributed by atoms with E-state index in [9.17, 15) is 0 Å². The molecular formula is C14H16ClN5O. The molecule has 0 amide bonds. The number of imidazole rings is 1. The summed E-state index contributed by atoms with van der Waals surface area (Å²) in [6.07, 6.45) is 0.815. The van der Waals surface area contributed by atoms with Crippen LogP contribution in [0.1, 0.15) is 17.6 Å². The molecule has 3 rings (SSSR count). The van der Waals surface area contributed by atoms with Gasteiger partial charge in [-0.15, -0.1) is 10.2 Å². The molecule has 0 saturated heterocycles. The summed E-state index contributed by atoms with van der Waals surface area (Å²) in [6.45, 7) is 3.26. The number of halogens is 1. The summed E-state index contributed by atoms with van der Waals surface area (Å²) in [6, 6.07) is 5.65. The van der Waals surface area contributed by atoms with Gasteiger partial charge in [0.2, 0.25) is 11.8 Å². The highest BCUT2D eigenvalue weighted by Crippen LogP contribution is 2.17. The Morgan fingerprint density at radius 1 is 1.33 bits per heavy atom. The molecule has 7 heteroatoms. The number of rotatable bonds is 5. The second kappa shape index (κ2) is 5.83. The van der Waals surface area contributed by atoms with E-state index in [0.717, 1.165) is 29.8 Å². The number of likely N-dealkylation sites (N-methyl/N-ethyl adjacent to an activating group) is 1. The predicted octanol–water partition coefficient (Wildman–Crippen LogP) is 2.58. The molecule has 3 aromatic rings. The molecule has 0 saturated carbocycles. The highest BCUT2D eigenvalue weighted by molar-refractivity contribution is 6.31.